The van der Waals surface area contributed by atoms with Crippen molar-refractivity contribution in [1.29, 1.82) is 0 Å². The smallest absolute Gasteiger partial charge is 0.280 e. The highest BCUT2D eigenvalue weighted by Gasteiger charge is 2.43. The maximum Gasteiger partial charge on any atom is 0.280 e. The topological polar surface area (TPSA) is 49.0 Å². The number of aromatic amines is 1. The van der Waals surface area contributed by atoms with Crippen LogP contribution in [0.2, 0.25) is 10.0 Å². The van der Waals surface area contributed by atoms with Crippen LogP contribution >= 0.6 is 23.2 Å². The summed E-state index contributed by atoms with van der Waals surface area (Å²) in [6.45, 7) is 4.17. The molecule has 0 bridgehead atoms. The standard InChI is InChI=1S/C20H17Cl2N3O/c1-11(2)17-16-18(24-23-17)20(26)25(15-5-3-4-14(22)10-15)19(16)12-6-8-13(21)9-7-12/h3-11,19H,1-2H3,(H,23,24). The Morgan fingerprint density at radius 2 is 1.81 bits per heavy atom. The molecule has 1 N–H and O–H groups in total. The fraction of sp³-hybridized carbons (Fsp3) is 0.200. The van der Waals surface area contributed by atoms with E-state index in [1.165, 1.54) is 0 Å². The van der Waals surface area contributed by atoms with E-state index >= 15 is 0 Å². The summed E-state index contributed by atoms with van der Waals surface area (Å²) in [6.07, 6.45) is 0. The van der Waals surface area contributed by atoms with Crippen LogP contribution in [0.5, 0.6) is 0 Å². The van der Waals surface area contributed by atoms with Crippen molar-refractivity contribution in [2.45, 2.75) is 25.8 Å². The van der Waals surface area contributed by atoms with E-state index in [1.54, 1.807) is 17.0 Å². The third-order valence-electron chi connectivity index (χ3n) is 4.64. The Balaban J connectivity index is 1.93. The zero-order valence-electron chi connectivity index (χ0n) is 14.3. The van der Waals surface area contributed by atoms with Crippen molar-refractivity contribution < 1.29 is 4.79 Å². The van der Waals surface area contributed by atoms with E-state index in [4.69, 9.17) is 23.2 Å². The van der Waals surface area contributed by atoms with Gasteiger partial charge >= 0.3 is 0 Å². The number of halogens is 2. The number of nitrogens with one attached hydrogen (secondary N) is 1. The van der Waals surface area contributed by atoms with Crippen LogP contribution in [0.1, 0.15) is 53.1 Å². The molecule has 0 saturated heterocycles. The molecule has 0 saturated carbocycles. The molecule has 0 radical (unpaired) electrons. The van der Waals surface area contributed by atoms with Gasteiger partial charge in [-0.1, -0.05) is 55.2 Å². The molecule has 3 aromatic rings. The highest BCUT2D eigenvalue weighted by atomic mass is 35.5. The monoisotopic (exact) mass is 385 g/mol. The summed E-state index contributed by atoms with van der Waals surface area (Å²) in [5, 5.41) is 8.61. The minimum absolute atomic E-state index is 0.134. The Morgan fingerprint density at radius 3 is 2.46 bits per heavy atom. The molecule has 26 heavy (non-hydrogen) atoms. The Kier molecular flexibility index (Phi) is 4.25. The second kappa shape index (κ2) is 6.45. The molecule has 4 rings (SSSR count). The lowest BCUT2D eigenvalue weighted by molar-refractivity contribution is 0.0988. The number of amides is 1. The van der Waals surface area contributed by atoms with Gasteiger partial charge in [0.25, 0.3) is 5.91 Å². The Bertz CT molecular complexity index is 979. The number of H-pyrrole nitrogens is 1. The molecule has 1 aliphatic rings. The van der Waals surface area contributed by atoms with E-state index < -0.39 is 0 Å². The summed E-state index contributed by atoms with van der Waals surface area (Å²) in [4.78, 5) is 14.9. The molecular formula is C20H17Cl2N3O. The summed E-state index contributed by atoms with van der Waals surface area (Å²) in [5.74, 6) is 0.0820. The van der Waals surface area contributed by atoms with Crippen molar-refractivity contribution in [2.24, 2.45) is 0 Å². The molecule has 1 amide bonds. The second-order valence-electron chi connectivity index (χ2n) is 6.66. The van der Waals surface area contributed by atoms with E-state index in [9.17, 15) is 4.79 Å². The molecule has 4 nitrogen and oxygen atoms in total. The zero-order valence-corrected chi connectivity index (χ0v) is 15.8. The molecule has 1 atom stereocenters. The number of benzene rings is 2. The number of carbonyl (C=O) groups excluding carboxylic acids is 1. The van der Waals surface area contributed by atoms with E-state index in [0.717, 1.165) is 22.5 Å². The van der Waals surface area contributed by atoms with Gasteiger partial charge in [0.2, 0.25) is 0 Å². The molecule has 1 aliphatic heterocycles. The van der Waals surface area contributed by atoms with Gasteiger partial charge in [-0.25, -0.2) is 0 Å². The van der Waals surface area contributed by atoms with E-state index in [1.807, 2.05) is 36.4 Å². The lowest BCUT2D eigenvalue weighted by atomic mass is 9.95. The molecule has 132 valence electrons. The SMILES string of the molecule is CC(C)c1[nH]nc2c1C(c1ccc(Cl)cc1)N(c1cccc(Cl)c1)C2=O. The van der Waals surface area contributed by atoms with E-state index in [-0.39, 0.29) is 17.9 Å². The predicted octanol–water partition coefficient (Wildman–Crippen LogP) is 5.59. The van der Waals surface area contributed by atoms with Gasteiger partial charge in [0.15, 0.2) is 5.69 Å². The van der Waals surface area contributed by atoms with Crippen molar-refractivity contribution in [3.05, 3.63) is 81.1 Å². The maximum absolute atomic E-state index is 13.2. The average molecular weight is 386 g/mol. The number of hydrogen-bond donors (Lipinski definition) is 1. The number of hydrogen-bond acceptors (Lipinski definition) is 2. The van der Waals surface area contributed by atoms with Crippen molar-refractivity contribution in [3.8, 4) is 0 Å². The Hall–Kier alpha value is -2.30. The molecule has 1 unspecified atom stereocenters. The highest BCUT2D eigenvalue weighted by Crippen LogP contribution is 2.44. The normalized spacial score (nSPS) is 16.4. The van der Waals surface area contributed by atoms with Gasteiger partial charge in [-0.2, -0.15) is 5.10 Å². The largest absolute Gasteiger partial charge is 0.295 e. The summed E-state index contributed by atoms with van der Waals surface area (Å²) < 4.78 is 0. The van der Waals surface area contributed by atoms with E-state index in [0.29, 0.717) is 15.7 Å². The first-order chi connectivity index (χ1) is 12.5. The molecule has 2 heterocycles. The van der Waals surface area contributed by atoms with Gasteiger partial charge in [0.1, 0.15) is 0 Å². The number of anilines is 1. The Labute approximate surface area is 161 Å². The fourth-order valence-corrected chi connectivity index (χ4v) is 3.77. The summed E-state index contributed by atoms with van der Waals surface area (Å²) in [6, 6.07) is 14.6. The lowest BCUT2D eigenvalue weighted by Gasteiger charge is -2.27. The predicted molar refractivity (Wildman–Crippen MR) is 104 cm³/mol. The Morgan fingerprint density at radius 1 is 1.08 bits per heavy atom. The number of nitrogens with zero attached hydrogens (tertiary/aromatic N) is 2. The van der Waals surface area contributed by atoms with Gasteiger partial charge in [-0.3, -0.25) is 14.8 Å². The van der Waals surface area contributed by atoms with Crippen LogP contribution in [-0.4, -0.2) is 16.1 Å². The van der Waals surface area contributed by atoms with Gasteiger partial charge in [-0.05, 0) is 41.8 Å². The van der Waals surface area contributed by atoms with Crippen molar-refractivity contribution >= 4 is 34.8 Å². The van der Waals surface area contributed by atoms with Gasteiger partial charge in [0.05, 0.1) is 6.04 Å². The van der Waals surface area contributed by atoms with Gasteiger partial charge in [-0.15, -0.1) is 0 Å². The van der Waals surface area contributed by atoms with Crippen LogP contribution < -0.4 is 4.90 Å². The van der Waals surface area contributed by atoms with Crippen LogP contribution in [0, 0.1) is 0 Å². The van der Waals surface area contributed by atoms with Gasteiger partial charge in [0, 0.05) is 27.0 Å². The van der Waals surface area contributed by atoms with Crippen molar-refractivity contribution in [1.82, 2.24) is 10.2 Å². The molecule has 0 aliphatic carbocycles. The minimum Gasteiger partial charge on any atom is -0.295 e. The third-order valence-corrected chi connectivity index (χ3v) is 5.12. The number of aromatic nitrogens is 2. The molecule has 0 fully saturated rings. The van der Waals surface area contributed by atoms with Crippen LogP contribution in [0.4, 0.5) is 5.69 Å². The van der Waals surface area contributed by atoms with Crippen LogP contribution in [0.3, 0.4) is 0 Å². The lowest BCUT2D eigenvalue weighted by Crippen LogP contribution is -2.29. The first kappa shape index (κ1) is 17.1. The van der Waals surface area contributed by atoms with E-state index in [2.05, 4.69) is 24.0 Å². The van der Waals surface area contributed by atoms with Crippen LogP contribution in [0.15, 0.2) is 48.5 Å². The first-order valence-electron chi connectivity index (χ1n) is 8.40. The third kappa shape index (κ3) is 2.70. The summed E-state index contributed by atoms with van der Waals surface area (Å²) in [7, 11) is 0. The summed E-state index contributed by atoms with van der Waals surface area (Å²) in [5.41, 5.74) is 4.08. The van der Waals surface area contributed by atoms with Crippen LogP contribution in [0.25, 0.3) is 0 Å². The molecule has 6 heteroatoms. The summed E-state index contributed by atoms with van der Waals surface area (Å²) >= 11 is 12.2. The zero-order chi connectivity index (χ0) is 18.4. The van der Waals surface area contributed by atoms with Crippen molar-refractivity contribution in [2.75, 3.05) is 4.90 Å². The van der Waals surface area contributed by atoms with Crippen LogP contribution in [-0.2, 0) is 0 Å². The number of rotatable bonds is 3. The molecule has 1 aromatic heterocycles. The molecule has 2 aromatic carbocycles. The quantitative estimate of drug-likeness (QED) is 0.638. The average Bonchev–Trinajstić information content (AvgIpc) is 3.15. The molecular weight excluding hydrogens is 369 g/mol. The highest BCUT2D eigenvalue weighted by molar-refractivity contribution is 6.31. The maximum atomic E-state index is 13.2. The van der Waals surface area contributed by atoms with Crippen molar-refractivity contribution in [3.63, 3.8) is 0 Å². The second-order valence-corrected chi connectivity index (χ2v) is 7.54. The molecule has 0 spiro atoms. The fourth-order valence-electron chi connectivity index (χ4n) is 3.46. The number of fused-ring (bicyclic) bond motifs is 1. The minimum atomic E-state index is -0.274. The number of carbonyl (C=O) groups is 1. The van der Waals surface area contributed by atoms with Gasteiger partial charge < -0.3 is 0 Å². The first-order valence-corrected chi connectivity index (χ1v) is 9.15.